The maximum Gasteiger partial charge on any atom is 0.352 e. The molecule has 0 radical (unpaired) electrons. The van der Waals surface area contributed by atoms with E-state index in [1.807, 2.05) is 58.0 Å². The first-order valence-corrected chi connectivity index (χ1v) is 12.0. The Labute approximate surface area is 168 Å². The standard InChI is InChI=1S/C19H18IN2OS2/c20-10-13-11-24-19-21(12-6-2-1-3-7-12)17(23)16-14-8-4-5-9-15(14)25-18(16)22(13)19/h1-3,6-7,13H,4-5,8-11H2/q+1. The third-order valence-electron chi connectivity index (χ3n) is 5.15. The first-order valence-electron chi connectivity index (χ1n) is 8.68. The summed E-state index contributed by atoms with van der Waals surface area (Å²) in [5.74, 6) is 1.05. The maximum atomic E-state index is 13.6. The van der Waals surface area contributed by atoms with Crippen LogP contribution in [0.15, 0.2) is 40.3 Å². The van der Waals surface area contributed by atoms with Crippen LogP contribution in [0.4, 0.5) is 0 Å². The Bertz CT molecular complexity index is 1030. The molecule has 0 saturated heterocycles. The molecule has 0 saturated carbocycles. The summed E-state index contributed by atoms with van der Waals surface area (Å²) in [4.78, 5) is 16.2. The second-order valence-corrected chi connectivity index (χ2v) is 9.59. The molecule has 1 aliphatic heterocycles. The highest BCUT2D eigenvalue weighted by atomic mass is 127. The second kappa shape index (κ2) is 6.39. The molecular weight excluding hydrogens is 463 g/mol. The number of thiophene rings is 1. The van der Waals surface area contributed by atoms with E-state index in [0.717, 1.165) is 39.3 Å². The van der Waals surface area contributed by atoms with Crippen molar-refractivity contribution < 1.29 is 4.57 Å². The molecule has 1 atom stereocenters. The Hall–Kier alpha value is -0.860. The molecule has 0 amide bonds. The van der Waals surface area contributed by atoms with E-state index >= 15 is 0 Å². The van der Waals surface area contributed by atoms with E-state index in [1.165, 1.54) is 28.1 Å². The van der Waals surface area contributed by atoms with Crippen LogP contribution in [0.3, 0.4) is 0 Å². The number of aryl methyl sites for hydroxylation is 2. The van der Waals surface area contributed by atoms with Crippen LogP contribution in [0.25, 0.3) is 15.9 Å². The Balaban J connectivity index is 1.92. The van der Waals surface area contributed by atoms with Crippen molar-refractivity contribution >= 4 is 55.9 Å². The summed E-state index contributed by atoms with van der Waals surface area (Å²) >= 11 is 6.18. The molecule has 128 valence electrons. The Morgan fingerprint density at radius 2 is 2.00 bits per heavy atom. The molecule has 3 aromatic rings. The molecule has 1 unspecified atom stereocenters. The molecule has 25 heavy (non-hydrogen) atoms. The van der Waals surface area contributed by atoms with E-state index in [2.05, 4.69) is 27.2 Å². The van der Waals surface area contributed by atoms with Crippen LogP contribution in [0.5, 0.6) is 0 Å². The van der Waals surface area contributed by atoms with E-state index in [0.29, 0.717) is 6.04 Å². The summed E-state index contributed by atoms with van der Waals surface area (Å²) < 4.78 is 5.50. The average Bonchev–Trinajstić information content (AvgIpc) is 3.24. The van der Waals surface area contributed by atoms with Crippen molar-refractivity contribution in [3.8, 4) is 5.69 Å². The number of aromatic nitrogens is 2. The number of fused-ring (bicyclic) bond motifs is 5. The van der Waals surface area contributed by atoms with E-state index in [1.54, 1.807) is 0 Å². The molecule has 1 aliphatic carbocycles. The summed E-state index contributed by atoms with van der Waals surface area (Å²) in [5.41, 5.74) is 2.49. The van der Waals surface area contributed by atoms with Crippen molar-refractivity contribution in [2.45, 2.75) is 36.9 Å². The van der Waals surface area contributed by atoms with Gasteiger partial charge in [0.15, 0.2) is 4.83 Å². The summed E-state index contributed by atoms with van der Waals surface area (Å²) in [5, 5.41) is 2.09. The fourth-order valence-corrected chi connectivity index (χ4v) is 7.90. The summed E-state index contributed by atoms with van der Waals surface area (Å²) in [6.07, 6.45) is 4.65. The number of halogens is 1. The van der Waals surface area contributed by atoms with Crippen molar-refractivity contribution in [2.75, 3.05) is 10.2 Å². The van der Waals surface area contributed by atoms with Crippen molar-refractivity contribution in [3.05, 3.63) is 51.1 Å². The summed E-state index contributed by atoms with van der Waals surface area (Å²) in [6, 6.07) is 10.6. The van der Waals surface area contributed by atoms with Crippen molar-refractivity contribution in [3.63, 3.8) is 0 Å². The molecule has 5 rings (SSSR count). The van der Waals surface area contributed by atoms with E-state index in [4.69, 9.17) is 0 Å². The smallest absolute Gasteiger partial charge is 0.240 e. The van der Waals surface area contributed by atoms with Crippen molar-refractivity contribution in [2.24, 2.45) is 0 Å². The Morgan fingerprint density at radius 3 is 2.80 bits per heavy atom. The zero-order valence-corrected chi connectivity index (χ0v) is 17.5. The third kappa shape index (κ3) is 2.44. The van der Waals surface area contributed by atoms with Gasteiger partial charge in [-0.15, -0.1) is 0 Å². The highest BCUT2D eigenvalue weighted by Gasteiger charge is 2.38. The minimum Gasteiger partial charge on any atom is -0.240 e. The summed E-state index contributed by atoms with van der Waals surface area (Å²) in [7, 11) is 0. The minimum atomic E-state index is 0.174. The number of hydrogen-bond acceptors (Lipinski definition) is 3. The number of alkyl halides is 1. The zero-order valence-electron chi connectivity index (χ0n) is 13.7. The van der Waals surface area contributed by atoms with Gasteiger partial charge < -0.3 is 0 Å². The van der Waals surface area contributed by atoms with Gasteiger partial charge in [0, 0.05) is 15.1 Å². The van der Waals surface area contributed by atoms with Gasteiger partial charge in [-0.2, -0.15) is 4.57 Å². The number of benzene rings is 1. The molecule has 0 fully saturated rings. The Kier molecular flexibility index (Phi) is 4.17. The number of thioether (sulfide) groups is 1. The van der Waals surface area contributed by atoms with Crippen LogP contribution in [-0.4, -0.2) is 14.7 Å². The Morgan fingerprint density at radius 1 is 1.20 bits per heavy atom. The molecule has 0 bridgehead atoms. The van der Waals surface area contributed by atoms with Gasteiger partial charge in [0.05, 0.1) is 0 Å². The van der Waals surface area contributed by atoms with Crippen LogP contribution in [0.2, 0.25) is 0 Å². The molecule has 3 nitrogen and oxygen atoms in total. The van der Waals surface area contributed by atoms with Gasteiger partial charge in [0.1, 0.15) is 17.1 Å². The van der Waals surface area contributed by atoms with Gasteiger partial charge in [-0.1, -0.05) is 52.1 Å². The predicted octanol–water partition coefficient (Wildman–Crippen LogP) is 4.30. The second-order valence-electron chi connectivity index (χ2n) is 6.64. The van der Waals surface area contributed by atoms with Gasteiger partial charge in [-0.25, -0.2) is 9.36 Å². The van der Waals surface area contributed by atoms with Crippen LogP contribution >= 0.6 is 45.7 Å². The van der Waals surface area contributed by atoms with E-state index < -0.39 is 0 Å². The van der Waals surface area contributed by atoms with E-state index in [-0.39, 0.29) is 5.56 Å². The minimum absolute atomic E-state index is 0.174. The van der Waals surface area contributed by atoms with Gasteiger partial charge in [0.25, 0.3) is 0 Å². The van der Waals surface area contributed by atoms with Gasteiger partial charge in [-0.05, 0) is 55.1 Å². The number of nitrogens with zero attached hydrogens (tertiary/aromatic N) is 2. The zero-order chi connectivity index (χ0) is 17.0. The predicted molar refractivity (Wildman–Crippen MR) is 113 cm³/mol. The lowest BCUT2D eigenvalue weighted by molar-refractivity contribution is -0.722. The van der Waals surface area contributed by atoms with Crippen LogP contribution in [-0.2, 0) is 12.8 Å². The molecule has 3 heterocycles. The number of hydrogen-bond donors (Lipinski definition) is 0. The topological polar surface area (TPSA) is 25.9 Å². The van der Waals surface area contributed by atoms with Crippen LogP contribution < -0.4 is 10.1 Å². The monoisotopic (exact) mass is 481 g/mol. The first kappa shape index (κ1) is 16.3. The first-order chi connectivity index (χ1) is 12.3. The number of para-hydroxylation sites is 1. The largest absolute Gasteiger partial charge is 0.352 e. The number of rotatable bonds is 2. The highest BCUT2D eigenvalue weighted by Crippen LogP contribution is 2.37. The van der Waals surface area contributed by atoms with Crippen LogP contribution in [0.1, 0.15) is 29.3 Å². The van der Waals surface area contributed by atoms with E-state index in [9.17, 15) is 4.79 Å². The third-order valence-corrected chi connectivity index (χ3v) is 8.65. The van der Waals surface area contributed by atoms with Crippen molar-refractivity contribution in [1.82, 2.24) is 4.57 Å². The normalized spacial score (nSPS) is 19.2. The SMILES string of the molecule is O=c1c2c3c(sc2[n+]2c(n1-c1ccccc1)SCC2CI)CCCC3. The molecule has 0 N–H and O–H groups in total. The fraction of sp³-hybridized carbons (Fsp3) is 0.368. The maximum absolute atomic E-state index is 13.6. The molecule has 0 spiro atoms. The lowest BCUT2D eigenvalue weighted by atomic mass is 9.97. The molecular formula is C19H18IN2OS2+. The molecule has 1 aromatic carbocycles. The van der Waals surface area contributed by atoms with Crippen molar-refractivity contribution in [1.29, 1.82) is 0 Å². The summed E-state index contributed by atoms with van der Waals surface area (Å²) in [6.45, 7) is 0. The fourth-order valence-electron chi connectivity index (χ4n) is 3.95. The molecule has 6 heteroatoms. The quantitative estimate of drug-likeness (QED) is 0.236. The van der Waals surface area contributed by atoms with Crippen LogP contribution in [0, 0.1) is 0 Å². The average molecular weight is 481 g/mol. The lowest BCUT2D eigenvalue weighted by Crippen LogP contribution is -2.44. The lowest BCUT2D eigenvalue weighted by Gasteiger charge is -2.11. The van der Waals surface area contributed by atoms with Gasteiger partial charge >= 0.3 is 10.7 Å². The molecule has 2 aliphatic rings. The molecule has 2 aromatic heterocycles. The van der Waals surface area contributed by atoms with Gasteiger partial charge in [0.2, 0.25) is 0 Å². The van der Waals surface area contributed by atoms with Gasteiger partial charge in [-0.3, -0.25) is 0 Å². The highest BCUT2D eigenvalue weighted by molar-refractivity contribution is 14.1.